The van der Waals surface area contributed by atoms with Gasteiger partial charge in [0.25, 0.3) is 0 Å². The van der Waals surface area contributed by atoms with Gasteiger partial charge in [-0.3, -0.25) is 5.10 Å². The number of nitrogens with one attached hydrogen (secondary N) is 1. The van der Waals surface area contributed by atoms with Crippen LogP contribution in [0.15, 0.2) is 43.0 Å². The minimum absolute atomic E-state index is 0.647. The molecule has 0 amide bonds. The molecule has 0 aliphatic rings. The molecule has 0 aliphatic heterocycles. The Labute approximate surface area is 91.0 Å². The molecule has 0 saturated heterocycles. The van der Waals surface area contributed by atoms with Crippen LogP contribution in [-0.2, 0) is 0 Å². The van der Waals surface area contributed by atoms with Crippen LogP contribution in [0, 0.1) is 0 Å². The summed E-state index contributed by atoms with van der Waals surface area (Å²) >= 11 is 0. The van der Waals surface area contributed by atoms with Crippen molar-refractivity contribution >= 4 is 0 Å². The summed E-state index contributed by atoms with van der Waals surface area (Å²) in [5.74, 6) is 1.40. The molecule has 3 rings (SSSR count). The van der Waals surface area contributed by atoms with Gasteiger partial charge in [0.05, 0.1) is 0 Å². The lowest BCUT2D eigenvalue weighted by Gasteiger charge is -2.01. The molecule has 16 heavy (non-hydrogen) atoms. The number of pyridine rings is 1. The molecule has 0 atom stereocenters. The minimum Gasteiger partial charge on any atom is -0.258 e. The Hall–Kier alpha value is -2.50. The predicted octanol–water partition coefficient (Wildman–Crippen LogP) is 1.05. The standard InChI is InChI=1S/C10H8N6/c1-3-8(10-11-7-12-15-10)14-9(4-1)16-6-2-5-13-16/h1-7H,(H,11,12,15). The Morgan fingerprint density at radius 2 is 2.19 bits per heavy atom. The first kappa shape index (κ1) is 8.78. The van der Waals surface area contributed by atoms with Crippen LogP contribution in [0.25, 0.3) is 17.3 Å². The van der Waals surface area contributed by atoms with Crippen molar-refractivity contribution < 1.29 is 0 Å². The summed E-state index contributed by atoms with van der Waals surface area (Å²) in [5.41, 5.74) is 0.741. The summed E-state index contributed by atoms with van der Waals surface area (Å²) in [7, 11) is 0. The molecule has 3 aromatic rings. The summed E-state index contributed by atoms with van der Waals surface area (Å²) in [6.45, 7) is 0. The van der Waals surface area contributed by atoms with Crippen LogP contribution in [0.2, 0.25) is 0 Å². The largest absolute Gasteiger partial charge is 0.258 e. The first-order valence-corrected chi connectivity index (χ1v) is 4.76. The van der Waals surface area contributed by atoms with E-state index in [9.17, 15) is 0 Å². The summed E-state index contributed by atoms with van der Waals surface area (Å²) in [6.07, 6.45) is 5.01. The molecular formula is C10H8N6. The van der Waals surface area contributed by atoms with Crippen molar-refractivity contribution in [3.8, 4) is 17.3 Å². The highest BCUT2D eigenvalue weighted by atomic mass is 15.3. The Morgan fingerprint density at radius 3 is 2.94 bits per heavy atom. The highest BCUT2D eigenvalue weighted by molar-refractivity contribution is 5.49. The van der Waals surface area contributed by atoms with E-state index in [0.29, 0.717) is 5.82 Å². The van der Waals surface area contributed by atoms with Gasteiger partial charge in [0.15, 0.2) is 11.6 Å². The number of aromatic nitrogens is 6. The molecule has 3 aromatic heterocycles. The van der Waals surface area contributed by atoms with E-state index in [1.54, 1.807) is 10.9 Å². The fourth-order valence-corrected chi connectivity index (χ4v) is 1.42. The maximum atomic E-state index is 4.42. The molecule has 3 heterocycles. The molecule has 78 valence electrons. The quantitative estimate of drug-likeness (QED) is 0.689. The van der Waals surface area contributed by atoms with Crippen molar-refractivity contribution in [3.63, 3.8) is 0 Å². The lowest BCUT2D eigenvalue weighted by atomic mass is 10.3. The molecule has 0 aliphatic carbocycles. The van der Waals surface area contributed by atoms with Crippen LogP contribution in [-0.4, -0.2) is 29.9 Å². The molecule has 6 nitrogen and oxygen atoms in total. The average Bonchev–Trinajstić information content (AvgIpc) is 3.03. The zero-order valence-electron chi connectivity index (χ0n) is 8.28. The van der Waals surface area contributed by atoms with Gasteiger partial charge < -0.3 is 0 Å². The van der Waals surface area contributed by atoms with Crippen molar-refractivity contribution in [2.24, 2.45) is 0 Å². The summed E-state index contributed by atoms with van der Waals surface area (Å²) in [4.78, 5) is 8.47. The van der Waals surface area contributed by atoms with Gasteiger partial charge in [0, 0.05) is 12.4 Å². The second-order valence-electron chi connectivity index (χ2n) is 3.17. The van der Waals surface area contributed by atoms with E-state index in [4.69, 9.17) is 0 Å². The van der Waals surface area contributed by atoms with Gasteiger partial charge in [-0.15, -0.1) is 0 Å². The molecule has 0 saturated carbocycles. The summed E-state index contributed by atoms with van der Waals surface area (Å²) < 4.78 is 1.69. The number of H-pyrrole nitrogens is 1. The van der Waals surface area contributed by atoms with Crippen molar-refractivity contribution in [1.82, 2.24) is 29.9 Å². The van der Waals surface area contributed by atoms with Crippen LogP contribution in [0.3, 0.4) is 0 Å². The first-order chi connectivity index (χ1) is 7.93. The Kier molecular flexibility index (Phi) is 1.96. The molecule has 0 unspecified atom stereocenters. The van der Waals surface area contributed by atoms with Gasteiger partial charge in [0.2, 0.25) is 0 Å². The smallest absolute Gasteiger partial charge is 0.174 e. The Bertz CT molecular complexity index is 520. The van der Waals surface area contributed by atoms with Crippen molar-refractivity contribution in [3.05, 3.63) is 43.0 Å². The van der Waals surface area contributed by atoms with Gasteiger partial charge in [-0.2, -0.15) is 10.2 Å². The third-order valence-corrected chi connectivity index (χ3v) is 2.13. The van der Waals surface area contributed by atoms with E-state index in [1.807, 2.05) is 30.5 Å². The number of hydrogen-bond donors (Lipinski definition) is 1. The van der Waals surface area contributed by atoms with Crippen molar-refractivity contribution in [2.45, 2.75) is 0 Å². The fourth-order valence-electron chi connectivity index (χ4n) is 1.42. The number of nitrogens with zero attached hydrogens (tertiary/aromatic N) is 5. The van der Waals surface area contributed by atoms with E-state index in [2.05, 4.69) is 25.3 Å². The highest BCUT2D eigenvalue weighted by Crippen LogP contribution is 2.12. The molecule has 6 heteroatoms. The van der Waals surface area contributed by atoms with Gasteiger partial charge in [0.1, 0.15) is 12.0 Å². The molecule has 0 spiro atoms. The second-order valence-corrected chi connectivity index (χ2v) is 3.17. The van der Waals surface area contributed by atoms with Crippen LogP contribution in [0.1, 0.15) is 0 Å². The molecule has 0 bridgehead atoms. The second kappa shape index (κ2) is 3.58. The maximum Gasteiger partial charge on any atom is 0.174 e. The van der Waals surface area contributed by atoms with Crippen LogP contribution >= 0.6 is 0 Å². The normalized spacial score (nSPS) is 10.5. The van der Waals surface area contributed by atoms with Crippen LogP contribution in [0.4, 0.5) is 0 Å². The lowest BCUT2D eigenvalue weighted by Crippen LogP contribution is -1.98. The van der Waals surface area contributed by atoms with Crippen LogP contribution < -0.4 is 0 Å². The zero-order chi connectivity index (χ0) is 10.8. The Balaban J connectivity index is 2.07. The van der Waals surface area contributed by atoms with Crippen LogP contribution in [0.5, 0.6) is 0 Å². The van der Waals surface area contributed by atoms with E-state index in [0.717, 1.165) is 11.5 Å². The highest BCUT2D eigenvalue weighted by Gasteiger charge is 2.04. The Morgan fingerprint density at radius 1 is 1.19 bits per heavy atom. The lowest BCUT2D eigenvalue weighted by molar-refractivity contribution is 0.847. The first-order valence-electron chi connectivity index (χ1n) is 4.76. The van der Waals surface area contributed by atoms with E-state index in [-0.39, 0.29) is 0 Å². The molecule has 1 N–H and O–H groups in total. The summed E-state index contributed by atoms with van der Waals surface area (Å²) in [5, 5.41) is 10.7. The monoisotopic (exact) mass is 212 g/mol. The average molecular weight is 212 g/mol. The van der Waals surface area contributed by atoms with Gasteiger partial charge in [-0.1, -0.05) is 6.07 Å². The maximum absolute atomic E-state index is 4.42. The minimum atomic E-state index is 0.647. The van der Waals surface area contributed by atoms with Crippen molar-refractivity contribution in [1.29, 1.82) is 0 Å². The third-order valence-electron chi connectivity index (χ3n) is 2.13. The van der Waals surface area contributed by atoms with Crippen molar-refractivity contribution in [2.75, 3.05) is 0 Å². The van der Waals surface area contributed by atoms with E-state index in [1.165, 1.54) is 6.33 Å². The zero-order valence-corrected chi connectivity index (χ0v) is 8.28. The number of rotatable bonds is 2. The fraction of sp³-hybridized carbons (Fsp3) is 0. The topological polar surface area (TPSA) is 72.3 Å². The molecule has 0 aromatic carbocycles. The number of hydrogen-bond acceptors (Lipinski definition) is 4. The third kappa shape index (κ3) is 1.46. The predicted molar refractivity (Wildman–Crippen MR) is 56.7 cm³/mol. The number of aromatic amines is 1. The van der Waals surface area contributed by atoms with E-state index < -0.39 is 0 Å². The SMILES string of the molecule is c1cc(-c2ncn[nH]2)nc(-n2cccn2)c1. The van der Waals surface area contributed by atoms with Gasteiger partial charge >= 0.3 is 0 Å². The van der Waals surface area contributed by atoms with E-state index >= 15 is 0 Å². The molecule has 0 radical (unpaired) electrons. The van der Waals surface area contributed by atoms with Gasteiger partial charge in [-0.25, -0.2) is 14.6 Å². The molecule has 0 fully saturated rings. The molecular weight excluding hydrogens is 204 g/mol. The summed E-state index contributed by atoms with van der Waals surface area (Å²) in [6, 6.07) is 7.51. The van der Waals surface area contributed by atoms with Gasteiger partial charge in [-0.05, 0) is 18.2 Å².